The van der Waals surface area contributed by atoms with Crippen LogP contribution in [0.2, 0.25) is 0 Å². The zero-order valence-corrected chi connectivity index (χ0v) is 16.6. The summed E-state index contributed by atoms with van der Waals surface area (Å²) in [5.41, 5.74) is 1.72. The average molecular weight is 388 g/mol. The lowest BCUT2D eigenvalue weighted by Crippen LogP contribution is -2.34. The van der Waals surface area contributed by atoms with Crippen LogP contribution in [0.3, 0.4) is 0 Å². The number of methoxy groups -OCH3 is 1. The van der Waals surface area contributed by atoms with Crippen LogP contribution in [0, 0.1) is 0 Å². The predicted molar refractivity (Wildman–Crippen MR) is 105 cm³/mol. The summed E-state index contributed by atoms with van der Waals surface area (Å²) in [6, 6.07) is 7.56. The van der Waals surface area contributed by atoms with E-state index in [1.165, 1.54) is 11.3 Å². The van der Waals surface area contributed by atoms with Crippen LogP contribution in [-0.2, 0) is 11.2 Å². The highest BCUT2D eigenvalue weighted by molar-refractivity contribution is 7.14. The molecule has 0 bridgehead atoms. The minimum absolute atomic E-state index is 0.00976. The molecule has 144 valence electrons. The van der Waals surface area contributed by atoms with Crippen molar-refractivity contribution in [3.05, 3.63) is 40.9 Å². The molecular formula is C19H24N4O3S. The number of carbonyl (C=O) groups excluding carboxylic acids is 2. The molecule has 3 rings (SSSR count). The highest BCUT2D eigenvalue weighted by Crippen LogP contribution is 2.26. The van der Waals surface area contributed by atoms with Gasteiger partial charge in [0.15, 0.2) is 5.13 Å². The number of nitrogens with zero attached hydrogens (tertiary/aromatic N) is 3. The Labute approximate surface area is 162 Å². The number of rotatable bonds is 7. The molecule has 3 amide bonds. The van der Waals surface area contributed by atoms with Crippen LogP contribution in [0.15, 0.2) is 29.6 Å². The molecule has 1 N–H and O–H groups in total. The number of anilines is 1. The minimum atomic E-state index is -0.135. The molecular weight excluding hydrogens is 364 g/mol. The Morgan fingerprint density at radius 3 is 2.96 bits per heavy atom. The molecule has 1 aromatic heterocycles. The number of thiazole rings is 1. The van der Waals surface area contributed by atoms with Crippen LogP contribution in [0.4, 0.5) is 9.93 Å². The zero-order valence-electron chi connectivity index (χ0n) is 15.8. The summed E-state index contributed by atoms with van der Waals surface area (Å²) in [4.78, 5) is 32.5. The van der Waals surface area contributed by atoms with Gasteiger partial charge in [0.25, 0.3) is 0 Å². The van der Waals surface area contributed by atoms with Crippen molar-refractivity contribution in [2.24, 2.45) is 0 Å². The zero-order chi connectivity index (χ0) is 19.4. The highest BCUT2D eigenvalue weighted by atomic mass is 32.1. The smallest absolute Gasteiger partial charge is 0.323 e. The maximum atomic E-state index is 12.9. The molecule has 2 heterocycles. The van der Waals surface area contributed by atoms with E-state index in [4.69, 9.17) is 4.74 Å². The molecule has 0 radical (unpaired) electrons. The van der Waals surface area contributed by atoms with E-state index in [-0.39, 0.29) is 24.4 Å². The van der Waals surface area contributed by atoms with Crippen molar-refractivity contribution in [2.75, 3.05) is 31.6 Å². The maximum Gasteiger partial charge on any atom is 0.323 e. The van der Waals surface area contributed by atoms with Crippen LogP contribution < -0.4 is 15.0 Å². The Bertz CT molecular complexity index is 823. The summed E-state index contributed by atoms with van der Waals surface area (Å²) in [6.45, 7) is 5.80. The lowest BCUT2D eigenvalue weighted by molar-refractivity contribution is -0.132. The van der Waals surface area contributed by atoms with Crippen molar-refractivity contribution >= 4 is 28.4 Å². The molecule has 1 aliphatic heterocycles. The van der Waals surface area contributed by atoms with Crippen LogP contribution in [0.1, 0.15) is 31.1 Å². The van der Waals surface area contributed by atoms with Gasteiger partial charge >= 0.3 is 6.03 Å². The van der Waals surface area contributed by atoms with E-state index in [0.717, 1.165) is 11.3 Å². The fraction of sp³-hybridized carbons (Fsp3) is 0.421. The third kappa shape index (κ3) is 4.21. The predicted octanol–water partition coefficient (Wildman–Crippen LogP) is 2.83. The van der Waals surface area contributed by atoms with Crippen molar-refractivity contribution in [3.63, 3.8) is 0 Å². The van der Waals surface area contributed by atoms with Gasteiger partial charge in [-0.3, -0.25) is 9.69 Å². The Hall–Kier alpha value is -2.61. The summed E-state index contributed by atoms with van der Waals surface area (Å²) in [5.74, 6) is 0.784. The second kappa shape index (κ2) is 8.39. The van der Waals surface area contributed by atoms with Gasteiger partial charge in [0.2, 0.25) is 5.91 Å². The van der Waals surface area contributed by atoms with Gasteiger partial charge in [-0.1, -0.05) is 12.1 Å². The van der Waals surface area contributed by atoms with Gasteiger partial charge < -0.3 is 15.0 Å². The van der Waals surface area contributed by atoms with Crippen molar-refractivity contribution in [1.29, 1.82) is 0 Å². The first-order chi connectivity index (χ1) is 13.0. The maximum absolute atomic E-state index is 12.9. The van der Waals surface area contributed by atoms with E-state index in [1.807, 2.05) is 48.4 Å². The van der Waals surface area contributed by atoms with Gasteiger partial charge in [-0.15, -0.1) is 11.3 Å². The second-order valence-electron chi connectivity index (χ2n) is 6.31. The van der Waals surface area contributed by atoms with E-state index in [2.05, 4.69) is 10.3 Å². The van der Waals surface area contributed by atoms with Crippen molar-refractivity contribution in [3.8, 4) is 5.75 Å². The lowest BCUT2D eigenvalue weighted by Gasteiger charge is -2.28. The molecule has 2 aromatic rings. The molecule has 1 atom stereocenters. The van der Waals surface area contributed by atoms with Gasteiger partial charge in [-0.25, -0.2) is 9.78 Å². The number of likely N-dealkylation sites (N-methyl/N-ethyl adjacent to an activating group) is 1. The summed E-state index contributed by atoms with van der Waals surface area (Å²) in [5, 5.41) is 5.24. The van der Waals surface area contributed by atoms with Gasteiger partial charge in [-0.2, -0.15) is 0 Å². The number of hydrogen-bond donors (Lipinski definition) is 1. The Morgan fingerprint density at radius 1 is 1.48 bits per heavy atom. The molecule has 1 aliphatic rings. The summed E-state index contributed by atoms with van der Waals surface area (Å²) >= 11 is 1.39. The molecule has 0 spiro atoms. The van der Waals surface area contributed by atoms with Gasteiger partial charge in [-0.05, 0) is 31.5 Å². The quantitative estimate of drug-likeness (QED) is 0.791. The number of aromatic nitrogens is 1. The molecule has 1 aromatic carbocycles. The van der Waals surface area contributed by atoms with Crippen LogP contribution >= 0.6 is 11.3 Å². The number of urea groups is 1. The molecule has 27 heavy (non-hydrogen) atoms. The van der Waals surface area contributed by atoms with Crippen LogP contribution in [0.5, 0.6) is 5.75 Å². The first kappa shape index (κ1) is 19.2. The number of ether oxygens (including phenoxy) is 1. The Morgan fingerprint density at radius 2 is 2.30 bits per heavy atom. The van der Waals surface area contributed by atoms with E-state index < -0.39 is 0 Å². The third-order valence-corrected chi connectivity index (χ3v) is 5.58. The highest BCUT2D eigenvalue weighted by Gasteiger charge is 2.25. The number of nitrogens with one attached hydrogen (secondary N) is 1. The fourth-order valence-electron chi connectivity index (χ4n) is 3.16. The number of benzene rings is 1. The number of hydrogen-bond acceptors (Lipinski definition) is 5. The van der Waals surface area contributed by atoms with Crippen molar-refractivity contribution in [1.82, 2.24) is 15.2 Å². The number of carbonyl (C=O) groups is 2. The largest absolute Gasteiger partial charge is 0.497 e. The van der Waals surface area contributed by atoms with E-state index in [9.17, 15) is 9.59 Å². The summed E-state index contributed by atoms with van der Waals surface area (Å²) < 4.78 is 5.29. The summed E-state index contributed by atoms with van der Waals surface area (Å²) in [7, 11) is 1.63. The molecule has 0 aliphatic carbocycles. The molecule has 1 unspecified atom stereocenters. The standard InChI is InChI=1S/C19H24N4O3S/c1-4-22(13(2)14-6-5-7-16(10-14)26-3)17(24)11-15-12-27-19(21-15)23-9-8-20-18(23)25/h5-7,10,12-13H,4,8-9,11H2,1-3H3,(H,20,25). The minimum Gasteiger partial charge on any atom is -0.497 e. The van der Waals surface area contributed by atoms with Crippen LogP contribution in [-0.4, -0.2) is 48.6 Å². The van der Waals surface area contributed by atoms with Crippen LogP contribution in [0.25, 0.3) is 0 Å². The molecule has 1 saturated heterocycles. The molecule has 7 nitrogen and oxygen atoms in total. The van der Waals surface area contributed by atoms with Crippen molar-refractivity contribution < 1.29 is 14.3 Å². The third-order valence-electron chi connectivity index (χ3n) is 4.66. The van der Waals surface area contributed by atoms with Gasteiger partial charge in [0, 0.05) is 25.0 Å². The Kier molecular flexibility index (Phi) is 5.95. The molecule has 8 heteroatoms. The SMILES string of the molecule is CCN(C(=O)Cc1csc(N2CCNC2=O)n1)C(C)c1cccc(OC)c1. The van der Waals surface area contributed by atoms with E-state index >= 15 is 0 Å². The second-order valence-corrected chi connectivity index (χ2v) is 7.15. The Balaban J connectivity index is 1.69. The van der Waals surface area contributed by atoms with Gasteiger partial charge in [0.1, 0.15) is 5.75 Å². The molecule has 0 saturated carbocycles. The summed E-state index contributed by atoms with van der Waals surface area (Å²) in [6.07, 6.45) is 0.216. The van der Waals surface area contributed by atoms with Gasteiger partial charge in [0.05, 0.1) is 25.3 Å². The topological polar surface area (TPSA) is 74.8 Å². The first-order valence-electron chi connectivity index (χ1n) is 8.96. The molecule has 1 fully saturated rings. The lowest BCUT2D eigenvalue weighted by atomic mass is 10.1. The van der Waals surface area contributed by atoms with E-state index in [1.54, 1.807) is 12.0 Å². The van der Waals surface area contributed by atoms with Crippen molar-refractivity contribution in [2.45, 2.75) is 26.3 Å². The first-order valence-corrected chi connectivity index (χ1v) is 9.84. The van der Waals surface area contributed by atoms with E-state index in [0.29, 0.717) is 30.5 Å². The number of amides is 3. The monoisotopic (exact) mass is 388 g/mol. The normalized spacial score (nSPS) is 14.8. The average Bonchev–Trinajstić information content (AvgIpc) is 3.30. The fourth-order valence-corrected chi connectivity index (χ4v) is 4.01.